The van der Waals surface area contributed by atoms with Crippen LogP contribution < -0.4 is 0 Å². The molecule has 0 aliphatic heterocycles. The first-order valence-corrected chi connectivity index (χ1v) is 30.3. The number of ether oxygens (including phenoxy) is 3. The van der Waals surface area contributed by atoms with E-state index >= 15 is 0 Å². The van der Waals surface area contributed by atoms with E-state index in [9.17, 15) is 28.9 Å². The Kier molecular flexibility index (Phi) is 51.9. The molecule has 416 valence electrons. The Bertz CT molecular complexity index is 1490. The number of phosphoric ester groups is 1. The highest BCUT2D eigenvalue weighted by Gasteiger charge is 2.28. The van der Waals surface area contributed by atoms with E-state index in [1.165, 1.54) is 70.6 Å². The van der Waals surface area contributed by atoms with E-state index in [1.807, 2.05) is 0 Å². The van der Waals surface area contributed by atoms with Gasteiger partial charge in [0.05, 0.1) is 19.8 Å². The van der Waals surface area contributed by atoms with Crippen molar-refractivity contribution >= 4 is 25.7 Å². The molecule has 0 amide bonds. The maximum Gasteiger partial charge on any atom is 0.472 e. The van der Waals surface area contributed by atoms with Crippen LogP contribution in [0.5, 0.6) is 0 Å². The molecule has 0 aliphatic carbocycles. The third-order valence-corrected chi connectivity index (χ3v) is 13.0. The smallest absolute Gasteiger partial charge is 0.462 e. The lowest BCUT2D eigenvalue weighted by Crippen LogP contribution is -2.30. The summed E-state index contributed by atoms with van der Waals surface area (Å²) in [5, 5.41) is 9.80. The second-order valence-electron chi connectivity index (χ2n) is 19.1. The Morgan fingerprint density at radius 1 is 0.389 bits per heavy atom. The molecule has 0 radical (unpaired) electrons. The van der Waals surface area contributed by atoms with Crippen LogP contribution in [0.1, 0.15) is 252 Å². The van der Waals surface area contributed by atoms with Crippen molar-refractivity contribution < 1.29 is 52.2 Å². The minimum Gasteiger partial charge on any atom is -0.462 e. The number of esters is 3. The average molecular weight is 1030 g/mol. The molecule has 0 aromatic heterocycles. The highest BCUT2D eigenvalue weighted by Crippen LogP contribution is 2.43. The Morgan fingerprint density at radius 3 is 1.08 bits per heavy atom. The fourth-order valence-corrected chi connectivity index (χ4v) is 8.41. The summed E-state index contributed by atoms with van der Waals surface area (Å²) < 4.78 is 39.5. The van der Waals surface area contributed by atoms with Crippen LogP contribution in [-0.2, 0) is 42.2 Å². The number of unbranched alkanes of at least 4 members (excludes halogenated alkanes) is 24. The van der Waals surface area contributed by atoms with Crippen LogP contribution in [0.2, 0.25) is 0 Å². The standard InChI is InChI=1S/C60H105O11P/c1-4-7-10-13-16-19-22-25-27-28-30-32-34-37-40-43-46-49-58(62)67-53-57(71-60(64)51-48-45-42-39-36-33-29-26-23-20-17-14-11-8-5-2)55-69-72(65,66)68-54-56(52-61)70-59(63)50-47-44-41-38-35-31-24-21-18-15-12-9-6-3/h12,15-17,19-21,24-27,29,56-57,61H,4-11,13-14,18,22-23,28,30-55H2,1-3H3,(H,65,66)/b15-12-,19-16-,20-17-,24-21-,27-25-,29-26-. The second kappa shape index (κ2) is 54.2. The van der Waals surface area contributed by atoms with Gasteiger partial charge in [-0.1, -0.05) is 196 Å². The van der Waals surface area contributed by atoms with Crippen molar-refractivity contribution in [3.05, 3.63) is 72.9 Å². The summed E-state index contributed by atoms with van der Waals surface area (Å²) in [5.74, 6) is -1.50. The second-order valence-corrected chi connectivity index (χ2v) is 20.5. The van der Waals surface area contributed by atoms with Gasteiger partial charge in [-0.05, 0) is 109 Å². The molecule has 0 spiro atoms. The first kappa shape index (κ1) is 68.9. The fraction of sp³-hybridized carbons (Fsp3) is 0.750. The zero-order chi connectivity index (χ0) is 52.7. The molecule has 0 aliphatic rings. The predicted molar refractivity (Wildman–Crippen MR) is 298 cm³/mol. The van der Waals surface area contributed by atoms with Crippen LogP contribution >= 0.6 is 7.82 Å². The first-order valence-electron chi connectivity index (χ1n) is 28.8. The van der Waals surface area contributed by atoms with Gasteiger partial charge in [-0.3, -0.25) is 23.4 Å². The van der Waals surface area contributed by atoms with Crippen LogP contribution in [0, 0.1) is 0 Å². The number of hydrogen-bond acceptors (Lipinski definition) is 10. The zero-order valence-corrected chi connectivity index (χ0v) is 46.8. The van der Waals surface area contributed by atoms with Gasteiger partial charge >= 0.3 is 25.7 Å². The summed E-state index contributed by atoms with van der Waals surface area (Å²) in [4.78, 5) is 48.5. The average Bonchev–Trinajstić information content (AvgIpc) is 3.37. The molecule has 0 aromatic rings. The predicted octanol–water partition coefficient (Wildman–Crippen LogP) is 16.9. The van der Waals surface area contributed by atoms with Gasteiger partial charge in [0, 0.05) is 19.3 Å². The minimum atomic E-state index is -4.76. The molecular formula is C60H105O11P. The molecule has 12 heteroatoms. The highest BCUT2D eigenvalue weighted by molar-refractivity contribution is 7.47. The van der Waals surface area contributed by atoms with E-state index in [2.05, 4.69) is 93.7 Å². The molecule has 2 N–H and O–H groups in total. The number of carbonyl (C=O) groups is 3. The molecule has 0 fully saturated rings. The molecule has 0 rings (SSSR count). The van der Waals surface area contributed by atoms with Gasteiger partial charge in [0.2, 0.25) is 0 Å². The van der Waals surface area contributed by atoms with Crippen molar-refractivity contribution in [2.45, 2.75) is 264 Å². The summed E-state index contributed by atoms with van der Waals surface area (Å²) in [7, 11) is -4.76. The van der Waals surface area contributed by atoms with E-state index in [-0.39, 0.29) is 25.9 Å². The quantitative estimate of drug-likeness (QED) is 0.0197. The summed E-state index contributed by atoms with van der Waals surface area (Å²) in [6.07, 6.45) is 59.9. The fourth-order valence-electron chi connectivity index (χ4n) is 7.63. The lowest BCUT2D eigenvalue weighted by Gasteiger charge is -2.21. The largest absolute Gasteiger partial charge is 0.472 e. The molecule has 0 bridgehead atoms. The van der Waals surface area contributed by atoms with Gasteiger partial charge in [-0.25, -0.2) is 4.57 Å². The topological polar surface area (TPSA) is 155 Å². The summed E-state index contributed by atoms with van der Waals surface area (Å²) in [6.45, 7) is 4.49. The van der Waals surface area contributed by atoms with Crippen LogP contribution in [0.3, 0.4) is 0 Å². The molecule has 0 heterocycles. The Labute approximate surface area is 439 Å². The molecule has 0 saturated heterocycles. The first-order chi connectivity index (χ1) is 35.2. The highest BCUT2D eigenvalue weighted by atomic mass is 31.2. The number of allylic oxidation sites excluding steroid dienone is 12. The number of aliphatic hydroxyl groups is 1. The molecule has 3 atom stereocenters. The normalized spacial score (nSPS) is 13.9. The zero-order valence-electron chi connectivity index (χ0n) is 45.9. The molecule has 0 saturated carbocycles. The number of hydrogen-bond donors (Lipinski definition) is 2. The van der Waals surface area contributed by atoms with Gasteiger partial charge in [0.25, 0.3) is 0 Å². The molecule has 72 heavy (non-hydrogen) atoms. The van der Waals surface area contributed by atoms with E-state index < -0.39 is 57.8 Å². The molecular weight excluding hydrogens is 928 g/mol. The van der Waals surface area contributed by atoms with Crippen molar-refractivity contribution in [1.29, 1.82) is 0 Å². The molecule has 3 unspecified atom stereocenters. The minimum absolute atomic E-state index is 0.147. The van der Waals surface area contributed by atoms with Gasteiger partial charge in [0.15, 0.2) is 6.10 Å². The monoisotopic (exact) mass is 1030 g/mol. The maximum absolute atomic E-state index is 12.9. The van der Waals surface area contributed by atoms with Crippen molar-refractivity contribution in [3.8, 4) is 0 Å². The lowest BCUT2D eigenvalue weighted by molar-refractivity contribution is -0.161. The summed E-state index contributed by atoms with van der Waals surface area (Å²) >= 11 is 0. The van der Waals surface area contributed by atoms with Gasteiger partial charge < -0.3 is 24.2 Å². The number of carbonyl (C=O) groups excluding carboxylic acids is 3. The van der Waals surface area contributed by atoms with Crippen molar-refractivity contribution in [2.75, 3.05) is 26.4 Å². The van der Waals surface area contributed by atoms with Crippen LogP contribution in [0.25, 0.3) is 0 Å². The van der Waals surface area contributed by atoms with E-state index in [4.69, 9.17) is 23.3 Å². The van der Waals surface area contributed by atoms with Crippen molar-refractivity contribution in [1.82, 2.24) is 0 Å². The lowest BCUT2D eigenvalue weighted by atomic mass is 10.1. The molecule has 11 nitrogen and oxygen atoms in total. The van der Waals surface area contributed by atoms with Gasteiger partial charge in [0.1, 0.15) is 12.7 Å². The maximum atomic E-state index is 12.9. The van der Waals surface area contributed by atoms with Crippen LogP contribution in [-0.4, -0.2) is 66.5 Å². The van der Waals surface area contributed by atoms with E-state index in [0.717, 1.165) is 122 Å². The van der Waals surface area contributed by atoms with E-state index in [1.54, 1.807) is 0 Å². The number of phosphoric acid groups is 1. The van der Waals surface area contributed by atoms with Crippen LogP contribution in [0.15, 0.2) is 72.9 Å². The summed E-state index contributed by atoms with van der Waals surface area (Å²) in [5.41, 5.74) is 0. The van der Waals surface area contributed by atoms with Crippen molar-refractivity contribution in [3.63, 3.8) is 0 Å². The van der Waals surface area contributed by atoms with Gasteiger partial charge in [-0.15, -0.1) is 0 Å². The van der Waals surface area contributed by atoms with Gasteiger partial charge in [-0.2, -0.15) is 0 Å². The number of rotatable bonds is 53. The SMILES string of the molecule is CCC/C=C\C/C=C\CCCCCCCC(=O)OC(CO)COP(=O)(O)OCC(COC(=O)CCCCCCCCC/C=C\C/C=C\CCCCC)OC(=O)CCCCCCC/C=C\C/C=C\CCCCC. The number of aliphatic hydroxyl groups excluding tert-OH is 1. The van der Waals surface area contributed by atoms with Crippen LogP contribution in [0.4, 0.5) is 0 Å². The summed E-state index contributed by atoms with van der Waals surface area (Å²) in [6, 6.07) is 0. The third kappa shape index (κ3) is 51.8. The molecule has 0 aromatic carbocycles. The van der Waals surface area contributed by atoms with Crippen molar-refractivity contribution in [2.24, 2.45) is 0 Å². The Morgan fingerprint density at radius 2 is 0.708 bits per heavy atom. The Hall–Kier alpha value is -3.08. The third-order valence-electron chi connectivity index (χ3n) is 12.1. The Balaban J connectivity index is 4.77. The van der Waals surface area contributed by atoms with E-state index in [0.29, 0.717) is 19.3 Å².